The Balaban J connectivity index is 2.08. The summed E-state index contributed by atoms with van der Waals surface area (Å²) in [4.78, 5) is 0.202. The summed E-state index contributed by atoms with van der Waals surface area (Å²) in [6.45, 7) is 1.91. The van der Waals surface area contributed by atoms with Gasteiger partial charge in [0.1, 0.15) is 17.1 Å². The third kappa shape index (κ3) is 2.67. The SMILES string of the molecule is Cc1ccc(S(=O)(=O)[N-]c2cccc3ccc[n+](C)c23)cc1. The summed E-state index contributed by atoms with van der Waals surface area (Å²) in [7, 11) is -1.85. The van der Waals surface area contributed by atoms with Gasteiger partial charge in [0.2, 0.25) is 0 Å². The molecule has 0 fully saturated rings. The fourth-order valence-corrected chi connectivity index (χ4v) is 3.38. The van der Waals surface area contributed by atoms with E-state index in [1.54, 1.807) is 30.3 Å². The van der Waals surface area contributed by atoms with Crippen LogP contribution in [0.25, 0.3) is 15.6 Å². The largest absolute Gasteiger partial charge is 0.567 e. The van der Waals surface area contributed by atoms with Crippen molar-refractivity contribution in [3.63, 3.8) is 0 Å². The van der Waals surface area contributed by atoms with Crippen molar-refractivity contribution in [3.05, 3.63) is 71.1 Å². The predicted octanol–water partition coefficient (Wildman–Crippen LogP) is 3.37. The second-order valence-corrected chi connectivity index (χ2v) is 6.82. The Morgan fingerprint density at radius 1 is 0.955 bits per heavy atom. The Morgan fingerprint density at radius 2 is 1.64 bits per heavy atom. The van der Waals surface area contributed by atoms with Crippen LogP contribution in [0.4, 0.5) is 5.69 Å². The Bertz CT molecular complexity index is 927. The molecule has 0 aliphatic carbocycles. The molecule has 0 saturated carbocycles. The summed E-state index contributed by atoms with van der Waals surface area (Å²) in [5.41, 5.74) is 2.25. The van der Waals surface area contributed by atoms with Crippen molar-refractivity contribution in [1.82, 2.24) is 0 Å². The number of para-hydroxylation sites is 1. The molecule has 5 heteroatoms. The number of fused-ring (bicyclic) bond motifs is 1. The van der Waals surface area contributed by atoms with Crippen molar-refractivity contribution < 1.29 is 13.0 Å². The van der Waals surface area contributed by atoms with Gasteiger partial charge in [-0.05, 0) is 31.2 Å². The van der Waals surface area contributed by atoms with Gasteiger partial charge in [-0.2, -0.15) is 0 Å². The normalized spacial score (nSPS) is 11.5. The number of aromatic nitrogens is 1. The fourth-order valence-electron chi connectivity index (χ4n) is 2.38. The smallest absolute Gasteiger partial charge is 0.197 e. The highest BCUT2D eigenvalue weighted by Crippen LogP contribution is 2.32. The first-order chi connectivity index (χ1) is 10.5. The highest BCUT2D eigenvalue weighted by Gasteiger charge is 2.09. The summed E-state index contributed by atoms with van der Waals surface area (Å²) in [5.74, 6) is 0. The number of pyridine rings is 1. The molecular formula is C17H16N2O2S. The van der Waals surface area contributed by atoms with E-state index in [1.807, 2.05) is 49.0 Å². The summed E-state index contributed by atoms with van der Waals surface area (Å²) >= 11 is 0. The zero-order chi connectivity index (χ0) is 15.7. The van der Waals surface area contributed by atoms with E-state index in [9.17, 15) is 8.42 Å². The maximum absolute atomic E-state index is 12.5. The molecule has 0 spiro atoms. The number of sulfonamides is 1. The van der Waals surface area contributed by atoms with Gasteiger partial charge in [-0.3, -0.25) is 0 Å². The van der Waals surface area contributed by atoms with Gasteiger partial charge in [0.15, 0.2) is 11.7 Å². The number of rotatable bonds is 3. The van der Waals surface area contributed by atoms with Crippen LogP contribution in [0.15, 0.2) is 65.7 Å². The lowest BCUT2D eigenvalue weighted by Crippen LogP contribution is -2.28. The van der Waals surface area contributed by atoms with Crippen LogP contribution in [0.1, 0.15) is 5.56 Å². The number of hydrogen-bond donors (Lipinski definition) is 0. The first-order valence-electron chi connectivity index (χ1n) is 6.89. The van der Waals surface area contributed by atoms with Crippen molar-refractivity contribution in [3.8, 4) is 0 Å². The maximum atomic E-state index is 12.5. The van der Waals surface area contributed by atoms with Crippen LogP contribution in [-0.4, -0.2) is 8.42 Å². The molecule has 0 radical (unpaired) electrons. The minimum absolute atomic E-state index is 0.202. The van der Waals surface area contributed by atoms with E-state index in [-0.39, 0.29) is 4.90 Å². The van der Waals surface area contributed by atoms with Gasteiger partial charge in [-0.25, -0.2) is 13.0 Å². The van der Waals surface area contributed by atoms with Crippen LogP contribution < -0.4 is 4.57 Å². The summed E-state index contributed by atoms with van der Waals surface area (Å²) in [5, 5.41) is 0.949. The lowest BCUT2D eigenvalue weighted by atomic mass is 10.2. The topological polar surface area (TPSA) is 52.1 Å². The highest BCUT2D eigenvalue weighted by atomic mass is 32.2. The monoisotopic (exact) mass is 312 g/mol. The predicted molar refractivity (Wildman–Crippen MR) is 86.5 cm³/mol. The lowest BCUT2D eigenvalue weighted by molar-refractivity contribution is -0.644. The average Bonchev–Trinajstić information content (AvgIpc) is 2.47. The van der Waals surface area contributed by atoms with Crippen LogP contribution >= 0.6 is 0 Å². The molecule has 0 atom stereocenters. The first kappa shape index (κ1) is 14.5. The van der Waals surface area contributed by atoms with Gasteiger partial charge >= 0.3 is 0 Å². The molecule has 2 aromatic carbocycles. The molecule has 3 aromatic rings. The summed E-state index contributed by atoms with van der Waals surface area (Å²) in [6, 6.07) is 16.0. The highest BCUT2D eigenvalue weighted by molar-refractivity contribution is 7.94. The average molecular weight is 312 g/mol. The Hall–Kier alpha value is -2.40. The van der Waals surface area contributed by atoms with Crippen molar-refractivity contribution in [2.45, 2.75) is 11.8 Å². The van der Waals surface area contributed by atoms with E-state index >= 15 is 0 Å². The van der Waals surface area contributed by atoms with Crippen LogP contribution in [0, 0.1) is 6.92 Å². The van der Waals surface area contributed by atoms with E-state index in [0.717, 1.165) is 16.5 Å². The Labute approximate surface area is 130 Å². The van der Waals surface area contributed by atoms with Crippen LogP contribution in [0.5, 0.6) is 0 Å². The van der Waals surface area contributed by atoms with E-state index in [2.05, 4.69) is 4.72 Å². The van der Waals surface area contributed by atoms with Gasteiger partial charge < -0.3 is 4.72 Å². The lowest BCUT2D eigenvalue weighted by Gasteiger charge is -2.22. The van der Waals surface area contributed by atoms with Crippen molar-refractivity contribution in [1.29, 1.82) is 0 Å². The van der Waals surface area contributed by atoms with Crippen LogP contribution in [0.3, 0.4) is 0 Å². The Morgan fingerprint density at radius 3 is 2.36 bits per heavy atom. The van der Waals surface area contributed by atoms with Gasteiger partial charge in [0, 0.05) is 11.5 Å². The number of hydrogen-bond acceptors (Lipinski definition) is 2. The standard InChI is InChI=1S/C17H16N2O2S/c1-13-8-10-15(11-9-13)22(20,21)18-16-7-3-5-14-6-4-12-19(2)17(14)16/h3-12H,1-2H3. The molecule has 0 amide bonds. The molecule has 0 aliphatic heterocycles. The molecular weight excluding hydrogens is 296 g/mol. The van der Waals surface area contributed by atoms with Crippen molar-refractivity contribution >= 4 is 26.6 Å². The Kier molecular flexibility index (Phi) is 3.58. The molecule has 0 N–H and O–H groups in total. The summed E-state index contributed by atoms with van der Waals surface area (Å²) in [6.07, 6.45) is 1.87. The molecule has 4 nitrogen and oxygen atoms in total. The molecule has 0 unspecified atom stereocenters. The summed E-state index contributed by atoms with van der Waals surface area (Å²) < 4.78 is 30.9. The molecule has 0 aliphatic rings. The molecule has 0 saturated heterocycles. The van der Waals surface area contributed by atoms with E-state index in [0.29, 0.717) is 5.69 Å². The van der Waals surface area contributed by atoms with Crippen molar-refractivity contribution in [2.24, 2.45) is 7.05 Å². The zero-order valence-electron chi connectivity index (χ0n) is 12.4. The zero-order valence-corrected chi connectivity index (χ0v) is 13.2. The number of aryl methyl sites for hydroxylation is 2. The second kappa shape index (κ2) is 5.42. The number of benzene rings is 2. The minimum Gasteiger partial charge on any atom is -0.567 e. The molecule has 1 aromatic heterocycles. The molecule has 112 valence electrons. The third-order valence-electron chi connectivity index (χ3n) is 3.52. The number of nitrogens with zero attached hydrogens (tertiary/aromatic N) is 2. The van der Waals surface area contributed by atoms with E-state index in [1.165, 1.54) is 0 Å². The minimum atomic E-state index is -3.73. The van der Waals surface area contributed by atoms with Crippen LogP contribution in [-0.2, 0) is 17.1 Å². The quantitative estimate of drug-likeness (QED) is 0.696. The van der Waals surface area contributed by atoms with E-state index < -0.39 is 10.0 Å². The van der Waals surface area contributed by atoms with Gasteiger partial charge in [-0.1, -0.05) is 35.5 Å². The second-order valence-electron chi connectivity index (χ2n) is 5.21. The van der Waals surface area contributed by atoms with Gasteiger partial charge in [-0.15, -0.1) is 0 Å². The maximum Gasteiger partial charge on any atom is 0.197 e. The molecule has 3 rings (SSSR count). The third-order valence-corrected chi connectivity index (χ3v) is 4.83. The molecule has 1 heterocycles. The van der Waals surface area contributed by atoms with Crippen LogP contribution in [0.2, 0.25) is 0 Å². The molecule has 0 bridgehead atoms. The van der Waals surface area contributed by atoms with E-state index in [4.69, 9.17) is 0 Å². The fraction of sp³-hybridized carbons (Fsp3) is 0.118. The van der Waals surface area contributed by atoms with Gasteiger partial charge in [0.25, 0.3) is 0 Å². The van der Waals surface area contributed by atoms with Crippen molar-refractivity contribution in [2.75, 3.05) is 0 Å². The molecule has 22 heavy (non-hydrogen) atoms. The first-order valence-corrected chi connectivity index (χ1v) is 8.33. The van der Waals surface area contributed by atoms with Gasteiger partial charge in [0.05, 0.1) is 4.90 Å².